The minimum atomic E-state index is 0.175. The van der Waals surface area contributed by atoms with E-state index in [0.717, 1.165) is 34.0 Å². The fraction of sp³-hybridized carbons (Fsp3) is 1.00. The van der Waals surface area contributed by atoms with Crippen LogP contribution in [0.4, 0.5) is 0 Å². The first-order valence-electron chi connectivity index (χ1n) is 8.14. The third-order valence-electron chi connectivity index (χ3n) is 4.09. The van der Waals surface area contributed by atoms with Gasteiger partial charge in [0.05, 0.1) is 0 Å². The fourth-order valence-corrected chi connectivity index (χ4v) is 11.7. The van der Waals surface area contributed by atoms with E-state index in [1.54, 1.807) is 0 Å². The van der Waals surface area contributed by atoms with Crippen molar-refractivity contribution in [3.63, 3.8) is 0 Å². The Bertz CT molecular complexity index is 193. The summed E-state index contributed by atoms with van der Waals surface area (Å²) in [6, 6.07) is 0. The monoisotopic (exact) mass is 304 g/mol. The van der Waals surface area contributed by atoms with Gasteiger partial charge in [0.2, 0.25) is 0 Å². The average molecular weight is 304 g/mol. The first-order chi connectivity index (χ1) is 8.59. The van der Waals surface area contributed by atoms with Crippen molar-refractivity contribution in [1.82, 2.24) is 0 Å². The Morgan fingerprint density at radius 1 is 0.474 bits per heavy atom. The molecule has 0 fully saturated rings. The van der Waals surface area contributed by atoms with Gasteiger partial charge in [-0.2, -0.15) is 0 Å². The minimum absolute atomic E-state index is 0.175. The third kappa shape index (κ3) is 6.44. The Morgan fingerprint density at radius 3 is 0.842 bits per heavy atom. The quantitative estimate of drug-likeness (QED) is 0.435. The Balaban J connectivity index is 4.72. The van der Waals surface area contributed by atoms with Gasteiger partial charge in [0.1, 0.15) is 0 Å². The molecule has 116 valence electrons. The zero-order valence-electron chi connectivity index (χ0n) is 15.1. The van der Waals surface area contributed by atoms with Crippen molar-refractivity contribution < 1.29 is 0 Å². The van der Waals surface area contributed by atoms with Crippen molar-refractivity contribution in [3.05, 3.63) is 0 Å². The van der Waals surface area contributed by atoms with Gasteiger partial charge in [-0.25, -0.2) is 0 Å². The molecule has 0 amide bonds. The van der Waals surface area contributed by atoms with Crippen LogP contribution in [0.2, 0.25) is 0 Å². The summed E-state index contributed by atoms with van der Waals surface area (Å²) in [4.78, 5) is 0. The van der Waals surface area contributed by atoms with Crippen molar-refractivity contribution in [2.24, 2.45) is 0 Å². The molecule has 2 atom stereocenters. The van der Waals surface area contributed by atoms with Gasteiger partial charge in [0.15, 0.2) is 0 Å². The van der Waals surface area contributed by atoms with Gasteiger partial charge in [-0.05, 0) is 40.4 Å². The van der Waals surface area contributed by atoms with Crippen LogP contribution in [0, 0.1) is 0 Å². The Labute approximate surface area is 126 Å². The van der Waals surface area contributed by atoms with Crippen molar-refractivity contribution in [2.45, 2.75) is 110 Å². The highest BCUT2D eigenvalue weighted by Gasteiger charge is 2.29. The van der Waals surface area contributed by atoms with Crippen molar-refractivity contribution in [2.75, 3.05) is 0 Å². The molecule has 0 radical (unpaired) electrons. The summed E-state index contributed by atoms with van der Waals surface area (Å²) in [5.74, 6) is 0. The van der Waals surface area contributed by atoms with E-state index >= 15 is 0 Å². The Hall–Kier alpha value is 0.860. The van der Waals surface area contributed by atoms with Crippen LogP contribution in [0.1, 0.15) is 75.7 Å². The van der Waals surface area contributed by atoms with E-state index in [-0.39, 0.29) is 15.8 Å². The molecule has 0 saturated carbocycles. The largest absolute Gasteiger partial charge is 0.0985 e. The number of rotatable bonds is 8. The van der Waals surface area contributed by atoms with Gasteiger partial charge in [0.25, 0.3) is 0 Å². The minimum Gasteiger partial charge on any atom is -0.0985 e. The lowest BCUT2D eigenvalue weighted by Gasteiger charge is -2.38. The molecule has 19 heavy (non-hydrogen) atoms. The van der Waals surface area contributed by atoms with Crippen LogP contribution in [0.5, 0.6) is 0 Å². The van der Waals surface area contributed by atoms with E-state index in [0.29, 0.717) is 0 Å². The van der Waals surface area contributed by atoms with E-state index < -0.39 is 0 Å². The highest BCUT2D eigenvalue weighted by molar-refractivity contribution is 7.60. The molecular formula is C17H38P2. The van der Waals surface area contributed by atoms with Crippen LogP contribution in [-0.4, -0.2) is 34.0 Å². The van der Waals surface area contributed by atoms with Gasteiger partial charge in [-0.15, -0.1) is 0 Å². The molecule has 0 heterocycles. The van der Waals surface area contributed by atoms with Gasteiger partial charge in [0, 0.05) is 0 Å². The molecule has 0 aliphatic heterocycles. The van der Waals surface area contributed by atoms with E-state index in [1.165, 1.54) is 6.42 Å². The lowest BCUT2D eigenvalue weighted by atomic mass is 10.3. The van der Waals surface area contributed by atoms with E-state index in [9.17, 15) is 0 Å². The topological polar surface area (TPSA) is 0 Å². The molecule has 0 aromatic rings. The van der Waals surface area contributed by atoms with Crippen LogP contribution in [0.15, 0.2) is 0 Å². The second kappa shape index (κ2) is 9.00. The smallest absolute Gasteiger partial charge is 0.0227 e. The summed E-state index contributed by atoms with van der Waals surface area (Å²) in [6.45, 7) is 24.5. The van der Waals surface area contributed by atoms with E-state index in [4.69, 9.17) is 0 Å². The molecular weight excluding hydrogens is 266 g/mol. The van der Waals surface area contributed by atoms with E-state index in [1.807, 2.05) is 0 Å². The summed E-state index contributed by atoms with van der Waals surface area (Å²) in [6.07, 6.45) is 1.45. The predicted molar refractivity (Wildman–Crippen MR) is 97.9 cm³/mol. The summed E-state index contributed by atoms with van der Waals surface area (Å²) in [7, 11) is 0.349. The maximum absolute atomic E-state index is 2.52. The molecule has 2 heteroatoms. The zero-order valence-corrected chi connectivity index (χ0v) is 16.9. The first kappa shape index (κ1) is 19.9. The SMILES string of the molecule is CC(C)P(C(C)C)C(C)CC(C)P(C(C)C)C(C)C. The second-order valence-corrected chi connectivity index (χ2v) is 14.9. The highest BCUT2D eigenvalue weighted by atomic mass is 31.1. The first-order valence-corrected chi connectivity index (χ1v) is 11.2. The Morgan fingerprint density at radius 2 is 0.684 bits per heavy atom. The predicted octanol–water partition coefficient (Wildman–Crippen LogP) is 6.75. The fourth-order valence-electron chi connectivity index (χ4n) is 3.97. The van der Waals surface area contributed by atoms with Crippen LogP contribution in [0.3, 0.4) is 0 Å². The van der Waals surface area contributed by atoms with Crippen LogP contribution < -0.4 is 0 Å². The number of hydrogen-bond donors (Lipinski definition) is 0. The molecule has 0 aromatic carbocycles. The van der Waals surface area contributed by atoms with Gasteiger partial charge < -0.3 is 0 Å². The number of hydrogen-bond acceptors (Lipinski definition) is 0. The normalized spacial score (nSPS) is 16.4. The maximum Gasteiger partial charge on any atom is -0.0227 e. The van der Waals surface area contributed by atoms with Gasteiger partial charge in [-0.1, -0.05) is 85.1 Å². The van der Waals surface area contributed by atoms with Gasteiger partial charge in [-0.3, -0.25) is 0 Å². The van der Waals surface area contributed by atoms with Crippen molar-refractivity contribution in [1.29, 1.82) is 0 Å². The molecule has 0 saturated heterocycles. The molecule has 0 spiro atoms. The molecule has 0 aromatic heterocycles. The zero-order chi connectivity index (χ0) is 15.3. The Kier molecular flexibility index (Phi) is 9.40. The summed E-state index contributed by atoms with van der Waals surface area (Å²) < 4.78 is 0. The lowest BCUT2D eigenvalue weighted by molar-refractivity contribution is 0.754. The molecule has 0 aliphatic carbocycles. The molecule has 0 bridgehead atoms. The van der Waals surface area contributed by atoms with Crippen LogP contribution in [-0.2, 0) is 0 Å². The van der Waals surface area contributed by atoms with Gasteiger partial charge >= 0.3 is 0 Å². The standard InChI is InChI=1S/C17H38P2/c1-12(2)18(13(3)4)16(9)11-17(10)19(14(5)6)15(7)8/h12-17H,11H2,1-10H3. The third-order valence-corrected chi connectivity index (χ3v) is 11.3. The van der Waals surface area contributed by atoms with Crippen LogP contribution >= 0.6 is 15.8 Å². The van der Waals surface area contributed by atoms with Crippen molar-refractivity contribution in [3.8, 4) is 0 Å². The second-order valence-electron chi connectivity index (χ2n) is 7.20. The molecule has 0 aliphatic rings. The summed E-state index contributed by atoms with van der Waals surface area (Å²) >= 11 is 0. The van der Waals surface area contributed by atoms with Crippen LogP contribution in [0.25, 0.3) is 0 Å². The van der Waals surface area contributed by atoms with Crippen molar-refractivity contribution >= 4 is 15.8 Å². The molecule has 0 N–H and O–H groups in total. The lowest BCUT2D eigenvalue weighted by Crippen LogP contribution is -2.21. The summed E-state index contributed by atoms with van der Waals surface area (Å²) in [5, 5.41) is 0. The molecule has 0 nitrogen and oxygen atoms in total. The summed E-state index contributed by atoms with van der Waals surface area (Å²) in [5.41, 5.74) is 5.35. The van der Waals surface area contributed by atoms with E-state index in [2.05, 4.69) is 69.2 Å². The molecule has 2 unspecified atom stereocenters. The average Bonchev–Trinajstić information content (AvgIpc) is 2.13. The highest BCUT2D eigenvalue weighted by Crippen LogP contribution is 2.57. The molecule has 0 rings (SSSR count). The maximum atomic E-state index is 2.52.